The molecular formula is C111H163B3N6O20Zn2. The molecule has 12 atom stereocenters. The Kier molecular flexibility index (Phi) is 53.1. The molecule has 6 heterocycles. The van der Waals surface area contributed by atoms with Gasteiger partial charge in [-0.2, -0.15) is 0 Å². The number of nitrogens with zero attached hydrogens (tertiary/aromatic N) is 6. The van der Waals surface area contributed by atoms with Crippen LogP contribution in [0, 0.1) is 85.8 Å². The number of carbonyl (C=O) groups is 6. The Morgan fingerprint density at radius 1 is 0.303 bits per heavy atom. The molecule has 9 aromatic rings. The van der Waals surface area contributed by atoms with Crippen LogP contribution in [0.5, 0.6) is 0 Å². The van der Waals surface area contributed by atoms with Gasteiger partial charge in [-0.1, -0.05) is 221 Å². The van der Waals surface area contributed by atoms with Gasteiger partial charge in [-0.25, -0.2) is 58.7 Å². The van der Waals surface area contributed by atoms with Crippen molar-refractivity contribution in [2.75, 3.05) is 19.8 Å². The Labute approximate surface area is 870 Å². The average Bonchev–Trinajstić information content (AvgIpc) is 0.782. The molecule has 0 saturated heterocycles. The minimum Gasteiger partial charge on any atom is -0.477 e. The van der Waals surface area contributed by atoms with Crippen LogP contribution in [-0.4, -0.2) is 173 Å². The van der Waals surface area contributed by atoms with E-state index in [4.69, 9.17) is 60.5 Å². The van der Waals surface area contributed by atoms with Crippen LogP contribution in [0.4, 0.5) is 0 Å². The first-order valence-corrected chi connectivity index (χ1v) is 49.7. The fraction of sp³-hybridized carbons (Fsp3) is 0.568. The van der Waals surface area contributed by atoms with Gasteiger partial charge in [0.1, 0.15) is 34.2 Å². The summed E-state index contributed by atoms with van der Waals surface area (Å²) in [6.07, 6.45) is 25.4. The summed E-state index contributed by atoms with van der Waals surface area (Å²) in [6.45, 7) is 53.5. The molecule has 12 unspecified atom stereocenters. The molecule has 0 amide bonds. The number of hydrogen-bond acceptors (Lipinski definition) is 20. The van der Waals surface area contributed by atoms with Gasteiger partial charge in [-0.05, 0) is 325 Å². The van der Waals surface area contributed by atoms with Gasteiger partial charge in [-0.3, -0.25) is 0 Å². The van der Waals surface area contributed by atoms with Crippen molar-refractivity contribution >= 4 is 106 Å². The summed E-state index contributed by atoms with van der Waals surface area (Å²) < 4.78 is 5.70. The van der Waals surface area contributed by atoms with E-state index in [1.54, 1.807) is 97.5 Å². The van der Waals surface area contributed by atoms with Crippen molar-refractivity contribution in [1.82, 2.24) is 29.9 Å². The predicted molar refractivity (Wildman–Crippen MR) is 561 cm³/mol. The van der Waals surface area contributed by atoms with Crippen LogP contribution < -0.4 is 16.4 Å². The van der Waals surface area contributed by atoms with Gasteiger partial charge in [0.2, 0.25) is 0 Å². The smallest absolute Gasteiger partial charge is 0.477 e. The predicted octanol–water partition coefficient (Wildman–Crippen LogP) is 21.4. The fourth-order valence-electron chi connectivity index (χ4n) is 17.9. The van der Waals surface area contributed by atoms with Gasteiger partial charge in [0.05, 0.1) is 16.6 Å². The summed E-state index contributed by atoms with van der Waals surface area (Å²) in [5, 5.41) is 121. The van der Waals surface area contributed by atoms with Gasteiger partial charge < -0.3 is 70.6 Å². The molecule has 9 fully saturated rings. The molecule has 26 nitrogen and oxygen atoms in total. The number of rotatable bonds is 23. The molecule has 6 aromatic heterocycles. The van der Waals surface area contributed by atoms with E-state index >= 15 is 0 Å². The van der Waals surface area contributed by atoms with Crippen LogP contribution >= 0.6 is 0 Å². The number of fused-ring (bicyclic) bond motifs is 12. The first kappa shape index (κ1) is 127. The third-order valence-corrected chi connectivity index (χ3v) is 23.4. The zero-order valence-corrected chi connectivity index (χ0v) is 95.1. The molecule has 3 aromatic carbocycles. The largest absolute Gasteiger partial charge is 0.491 e. The van der Waals surface area contributed by atoms with Gasteiger partial charge in [-0.15, -0.1) is 0 Å². The van der Waals surface area contributed by atoms with Crippen molar-refractivity contribution in [3.8, 4) is 0 Å². The maximum absolute atomic E-state index is 11.3. The Hall–Kier alpha value is -8.72. The number of benzene rings is 3. The molecular weight excluding hydrogens is 1900 g/mol. The molecule has 18 rings (SSSR count). The quantitative estimate of drug-likeness (QED) is 0.0209. The van der Waals surface area contributed by atoms with Gasteiger partial charge in [0, 0.05) is 93.5 Å². The minimum absolute atomic E-state index is 0. The second kappa shape index (κ2) is 59.2. The number of aromatic nitrogens is 6. The maximum Gasteiger partial charge on any atom is 0.491 e. The Balaban J connectivity index is 0.000000433. The Bertz CT molecular complexity index is 5100. The second-order valence-electron chi connectivity index (χ2n) is 47.9. The zero-order chi connectivity index (χ0) is 105. The van der Waals surface area contributed by atoms with E-state index in [0.29, 0.717) is 122 Å². The van der Waals surface area contributed by atoms with Crippen LogP contribution in [0.25, 0.3) is 32.7 Å². The van der Waals surface area contributed by atoms with E-state index in [9.17, 15) is 38.9 Å². The Morgan fingerprint density at radius 3 is 0.754 bits per heavy atom. The van der Waals surface area contributed by atoms with E-state index < -0.39 is 57.2 Å². The number of pyridine rings is 6. The molecule has 9 aliphatic carbocycles. The Morgan fingerprint density at radius 2 is 0.528 bits per heavy atom. The zero-order valence-electron chi connectivity index (χ0n) is 89.1. The summed E-state index contributed by atoms with van der Waals surface area (Å²) in [4.78, 5) is 89.8. The van der Waals surface area contributed by atoms with Crippen molar-refractivity contribution in [3.05, 3.63) is 197 Å². The van der Waals surface area contributed by atoms with Gasteiger partial charge in [0.15, 0.2) is 0 Å². The third kappa shape index (κ3) is 49.0. The normalized spacial score (nSPS) is 20.0. The first-order valence-electron chi connectivity index (χ1n) is 49.7. The van der Waals surface area contributed by atoms with Gasteiger partial charge in [0.25, 0.3) is 0 Å². The van der Waals surface area contributed by atoms with Gasteiger partial charge >= 0.3 is 57.2 Å². The van der Waals surface area contributed by atoms with Crippen LogP contribution in [0.1, 0.15) is 379 Å². The molecule has 0 spiro atoms. The van der Waals surface area contributed by atoms with Crippen molar-refractivity contribution in [2.45, 2.75) is 299 Å². The number of hydrogen-bond donors (Lipinski definition) is 13. The molecule has 13 N–H and O–H groups in total. The minimum atomic E-state index is -1.58. The summed E-state index contributed by atoms with van der Waals surface area (Å²) >= 11 is 0. The standard InChI is InChI=1S/C27H29BN2O6.2C17H23NO3.2C10H8BNO4.6C5H12.2Zn/c31-26(32)23-8-6-16-5-7-21(15-24(16)30-23)28(35)36-11-1-2-17-12-19-4-3-18(17)13-22(19)20-9-10-29-25(14-20)27(33)34;2*19-7-1-2-11-8-13-4-3-12(11)9-15(13)14-5-6-18-16(10-14)17(20)21;2*13-10(14)8-4-2-6-1-3-7(11(15)16)5-9(6)12-8;6*1-5(2,3)4;;/h5-10,14-15,17-19,22,35H,1-4,11-13H2,(H,31,32)(H,33,34);2*5-6,10-13,15,19H,1-4,7-9H2,(H,20,21);2*1-5,15-16H,(H,13,14);6*1-4H3;;. The number of carboxylic acids is 6. The molecule has 0 radical (unpaired) electrons. The third-order valence-electron chi connectivity index (χ3n) is 23.4. The summed E-state index contributed by atoms with van der Waals surface area (Å²) in [5.74, 6) is 1.36. The van der Waals surface area contributed by atoms with E-state index in [0.717, 1.165) is 108 Å². The van der Waals surface area contributed by atoms with E-state index in [-0.39, 0.29) is 84.0 Å². The van der Waals surface area contributed by atoms with Crippen LogP contribution in [0.2, 0.25) is 0 Å². The molecule has 9 saturated carbocycles. The van der Waals surface area contributed by atoms with Crippen molar-refractivity contribution < 1.29 is 138 Å². The average molecular weight is 2060 g/mol. The van der Waals surface area contributed by atoms with E-state index in [1.165, 1.54) is 94.5 Å². The molecule has 6 bridgehead atoms. The fourth-order valence-corrected chi connectivity index (χ4v) is 17.9. The molecule has 9 aliphatic rings. The van der Waals surface area contributed by atoms with E-state index in [2.05, 4.69) is 196 Å². The molecule has 142 heavy (non-hydrogen) atoms. The summed E-state index contributed by atoms with van der Waals surface area (Å²) in [7, 11) is -4.26. The summed E-state index contributed by atoms with van der Waals surface area (Å²) in [6, 6.07) is 35.0. The van der Waals surface area contributed by atoms with Crippen LogP contribution in [0.15, 0.2) is 146 Å². The topological polar surface area (TPSA) is 452 Å². The van der Waals surface area contributed by atoms with Crippen molar-refractivity contribution in [3.63, 3.8) is 0 Å². The van der Waals surface area contributed by atoms with Crippen LogP contribution in [-0.2, 0) is 43.6 Å². The van der Waals surface area contributed by atoms with Crippen molar-refractivity contribution in [2.24, 2.45) is 85.8 Å². The maximum atomic E-state index is 11.3. The number of aromatic carboxylic acids is 6. The summed E-state index contributed by atoms with van der Waals surface area (Å²) in [5.41, 5.74) is 9.11. The monoisotopic (exact) mass is 2060 g/mol. The number of aliphatic hydroxyl groups excluding tert-OH is 2. The SMILES string of the molecule is CC(C)(C)C.CC(C)(C)C.CC(C)(C)C.CC(C)(C)C.CC(C)(C)C.CC(C)(C)C.O=C(O)c1cc(C2CC3CCC2CC3CCCO)ccn1.O=C(O)c1cc(C2CC3CCC2CC3CCCO)ccn1.O=C(O)c1cc(C2CC3CCC2CC3CCCOB(O)c2ccc3ccc(C(=O)O)nc3c2)ccn1.O=C(O)c1ccc2ccc(B(O)O)cc2n1.O=C(O)c1ccc2ccc(B(O)O)cc2n1.[Zn].[Zn]. The number of aliphatic hydroxyl groups is 2. The van der Waals surface area contributed by atoms with E-state index in [1.807, 2.05) is 18.2 Å². The first-order chi connectivity index (χ1) is 64.9. The van der Waals surface area contributed by atoms with Crippen LogP contribution in [0.3, 0.4) is 0 Å². The second-order valence-corrected chi connectivity index (χ2v) is 47.9. The molecule has 31 heteroatoms. The van der Waals surface area contributed by atoms with Crippen molar-refractivity contribution in [1.29, 1.82) is 0 Å². The molecule has 770 valence electrons. The molecule has 0 aliphatic heterocycles. The number of carboxylic acid groups (broad SMARTS) is 6.